The monoisotopic (exact) mass is 113 g/mol. The number of hydrogen-bond donors (Lipinski definition) is 2. The topological polar surface area (TPSA) is 40.5 Å². The van der Waals surface area contributed by atoms with Crippen LogP contribution in [0.15, 0.2) is 0 Å². The van der Waals surface area contributed by atoms with Crippen molar-refractivity contribution in [3.63, 3.8) is 0 Å². The van der Waals surface area contributed by atoms with Gasteiger partial charge in [-0.1, -0.05) is 6.92 Å². The Morgan fingerprint density at radius 3 is 1.57 bits per heavy atom. The van der Waals surface area contributed by atoms with Crippen LogP contribution in [0.1, 0.15) is 6.92 Å². The van der Waals surface area contributed by atoms with Gasteiger partial charge in [0.25, 0.3) is 0 Å². The summed E-state index contributed by atoms with van der Waals surface area (Å²) in [7, 11) is 0. The minimum Gasteiger partial charge on any atom is -0.396 e. The molecule has 0 rings (SSSR count). The van der Waals surface area contributed by atoms with E-state index in [4.69, 9.17) is 10.2 Å². The largest absolute Gasteiger partial charge is 1.00 e. The second-order valence-electron chi connectivity index (χ2n) is 1.47. The van der Waals surface area contributed by atoms with Gasteiger partial charge in [0.1, 0.15) is 0 Å². The first-order chi connectivity index (χ1) is 2.81. The summed E-state index contributed by atoms with van der Waals surface area (Å²) in [4.78, 5) is 0. The quantitative estimate of drug-likeness (QED) is 0.367. The van der Waals surface area contributed by atoms with Crippen LogP contribution in [0, 0.1) is 5.92 Å². The molecule has 0 fully saturated rings. The summed E-state index contributed by atoms with van der Waals surface area (Å²) >= 11 is 0. The van der Waals surface area contributed by atoms with Crippen LogP contribution in [-0.4, -0.2) is 23.4 Å². The van der Waals surface area contributed by atoms with Gasteiger partial charge in [-0.15, -0.1) is 0 Å². The smallest absolute Gasteiger partial charge is 0.396 e. The third-order valence-corrected chi connectivity index (χ3v) is 0.623. The fourth-order valence-electron chi connectivity index (χ4n) is 0.0577. The molecule has 38 valence electrons. The molecule has 0 atom stereocenters. The van der Waals surface area contributed by atoms with Crippen LogP contribution in [0.3, 0.4) is 0 Å². The predicted molar refractivity (Wildman–Crippen MR) is 23.3 cm³/mol. The van der Waals surface area contributed by atoms with Crippen LogP contribution in [0.25, 0.3) is 0 Å². The molecule has 7 heavy (non-hydrogen) atoms. The molecule has 0 amide bonds. The Labute approximate surface area is 65.8 Å². The Morgan fingerprint density at radius 2 is 1.57 bits per heavy atom. The van der Waals surface area contributed by atoms with E-state index in [2.05, 4.69) is 0 Å². The summed E-state index contributed by atoms with van der Waals surface area (Å²) in [5.74, 6) is 0.0463. The third-order valence-electron chi connectivity index (χ3n) is 0.623. The summed E-state index contributed by atoms with van der Waals surface area (Å²) in [5.41, 5.74) is 0. The maximum atomic E-state index is 8.17. The van der Waals surface area contributed by atoms with Gasteiger partial charge in [-0.25, -0.2) is 0 Å². The molecule has 0 spiro atoms. The van der Waals surface area contributed by atoms with Gasteiger partial charge in [0.05, 0.1) is 0 Å². The molecule has 0 saturated heterocycles. The van der Waals surface area contributed by atoms with Crippen molar-refractivity contribution in [1.29, 1.82) is 0 Å². The summed E-state index contributed by atoms with van der Waals surface area (Å²) in [5, 5.41) is 16.3. The van der Waals surface area contributed by atoms with Gasteiger partial charge in [0, 0.05) is 19.1 Å². The van der Waals surface area contributed by atoms with Gasteiger partial charge in [-0.2, -0.15) is 0 Å². The molecular weight excluding hydrogens is 103 g/mol. The zero-order chi connectivity index (χ0) is 4.99. The van der Waals surface area contributed by atoms with Gasteiger partial charge in [-0.05, 0) is 0 Å². The van der Waals surface area contributed by atoms with Crippen molar-refractivity contribution in [2.75, 3.05) is 13.2 Å². The van der Waals surface area contributed by atoms with Crippen LogP contribution in [0.4, 0.5) is 0 Å². The maximum absolute atomic E-state index is 8.17. The Bertz CT molecular complexity index is 28.9. The van der Waals surface area contributed by atoms with Crippen LogP contribution in [-0.2, 0) is 0 Å². The molecule has 2 nitrogen and oxygen atoms in total. The molecular formula is C4H10NaO2+. The van der Waals surface area contributed by atoms with E-state index in [1.54, 1.807) is 6.92 Å². The molecule has 0 radical (unpaired) electrons. The zero-order valence-electron chi connectivity index (χ0n) is 4.89. The first-order valence-corrected chi connectivity index (χ1v) is 2.03. The first-order valence-electron chi connectivity index (χ1n) is 2.03. The van der Waals surface area contributed by atoms with E-state index in [-0.39, 0.29) is 48.7 Å². The molecule has 0 aromatic rings. The number of hydrogen-bond acceptors (Lipinski definition) is 2. The Hall–Kier alpha value is 0.920. The normalized spacial score (nSPS) is 8.57. The fourth-order valence-corrected chi connectivity index (χ4v) is 0.0577. The molecule has 0 bridgehead atoms. The van der Waals surface area contributed by atoms with E-state index in [9.17, 15) is 0 Å². The molecule has 2 N–H and O–H groups in total. The first kappa shape index (κ1) is 10.8. The van der Waals surface area contributed by atoms with Gasteiger partial charge >= 0.3 is 29.6 Å². The van der Waals surface area contributed by atoms with Crippen LogP contribution in [0.2, 0.25) is 0 Å². The molecule has 0 aliphatic carbocycles. The number of aliphatic hydroxyl groups is 2. The van der Waals surface area contributed by atoms with E-state index in [0.717, 1.165) is 0 Å². The van der Waals surface area contributed by atoms with E-state index in [1.165, 1.54) is 0 Å². The predicted octanol–water partition coefficient (Wildman–Crippen LogP) is -3.39. The van der Waals surface area contributed by atoms with Crippen molar-refractivity contribution < 1.29 is 39.8 Å². The second kappa shape index (κ2) is 6.92. The molecule has 0 aliphatic rings. The van der Waals surface area contributed by atoms with Gasteiger partial charge in [-0.3, -0.25) is 0 Å². The van der Waals surface area contributed by atoms with Crippen LogP contribution in [0.5, 0.6) is 0 Å². The minimum atomic E-state index is 0. The summed E-state index contributed by atoms with van der Waals surface area (Å²) in [6.07, 6.45) is 0. The number of aliphatic hydroxyl groups excluding tert-OH is 2. The fraction of sp³-hybridized carbons (Fsp3) is 1.00. The van der Waals surface area contributed by atoms with Crippen molar-refractivity contribution in [2.45, 2.75) is 6.92 Å². The van der Waals surface area contributed by atoms with E-state index >= 15 is 0 Å². The molecule has 0 aromatic heterocycles. The third kappa shape index (κ3) is 6.92. The van der Waals surface area contributed by atoms with Crippen molar-refractivity contribution in [3.05, 3.63) is 0 Å². The summed E-state index contributed by atoms with van der Waals surface area (Å²) in [6.45, 7) is 1.94. The van der Waals surface area contributed by atoms with Gasteiger partial charge < -0.3 is 10.2 Å². The van der Waals surface area contributed by atoms with Crippen molar-refractivity contribution in [2.24, 2.45) is 5.92 Å². The Kier molecular flexibility index (Phi) is 10.7. The van der Waals surface area contributed by atoms with Crippen LogP contribution < -0.4 is 29.6 Å². The average Bonchev–Trinajstić information content (AvgIpc) is 1.65. The maximum Gasteiger partial charge on any atom is 1.00 e. The minimum absolute atomic E-state index is 0. The van der Waals surface area contributed by atoms with Crippen molar-refractivity contribution >= 4 is 0 Å². The molecule has 0 aromatic carbocycles. The Balaban J connectivity index is 0. The van der Waals surface area contributed by atoms with E-state index in [1.807, 2.05) is 0 Å². The molecule has 0 aliphatic heterocycles. The average molecular weight is 113 g/mol. The van der Waals surface area contributed by atoms with Gasteiger partial charge in [0.2, 0.25) is 0 Å². The SMILES string of the molecule is CC(CO)CO.[Na+]. The Morgan fingerprint density at radius 1 is 1.29 bits per heavy atom. The summed E-state index contributed by atoms with van der Waals surface area (Å²) in [6, 6.07) is 0. The van der Waals surface area contributed by atoms with E-state index < -0.39 is 0 Å². The second-order valence-corrected chi connectivity index (χ2v) is 1.47. The standard InChI is InChI=1S/C4H10O2.Na/c1-4(2-5)3-6;/h4-6H,2-3H2,1H3;/q;+1. The molecule has 0 unspecified atom stereocenters. The van der Waals surface area contributed by atoms with Gasteiger partial charge in [0.15, 0.2) is 0 Å². The molecule has 3 heteroatoms. The summed E-state index contributed by atoms with van der Waals surface area (Å²) < 4.78 is 0. The van der Waals surface area contributed by atoms with E-state index in [0.29, 0.717) is 0 Å². The number of rotatable bonds is 2. The van der Waals surface area contributed by atoms with Crippen molar-refractivity contribution in [1.82, 2.24) is 0 Å². The molecule has 0 heterocycles. The van der Waals surface area contributed by atoms with Crippen LogP contribution >= 0.6 is 0 Å². The zero-order valence-corrected chi connectivity index (χ0v) is 6.89. The molecule has 0 saturated carbocycles. The van der Waals surface area contributed by atoms with Crippen molar-refractivity contribution in [3.8, 4) is 0 Å².